The summed E-state index contributed by atoms with van der Waals surface area (Å²) in [5, 5.41) is 1.06. The third kappa shape index (κ3) is 2.98. The van der Waals surface area contributed by atoms with Crippen molar-refractivity contribution < 1.29 is 9.53 Å². The number of cyclic esters (lactones) is 1. The number of para-hydroxylation sites is 1. The Hall–Kier alpha value is -3.67. The topological polar surface area (TPSA) is 60.2 Å². The van der Waals surface area contributed by atoms with Gasteiger partial charge in [-0.2, -0.15) is 0 Å². The maximum Gasteiger partial charge on any atom is 0.360 e. The van der Waals surface area contributed by atoms with Gasteiger partial charge in [0.25, 0.3) is 0 Å². The summed E-state index contributed by atoms with van der Waals surface area (Å²) in [6.07, 6.45) is 3.19. The SMILES string of the molecule is CCN(CC)c1ccc(C2(c3c(C)n(CC)c4ccccc34)OC(=O)c3nccnc32)c(C)c1. The van der Waals surface area contributed by atoms with Crippen molar-refractivity contribution in [2.24, 2.45) is 0 Å². The minimum atomic E-state index is -1.17. The normalized spacial score (nSPS) is 17.1. The van der Waals surface area contributed by atoms with E-state index in [2.05, 4.69) is 79.4 Å². The van der Waals surface area contributed by atoms with Crippen LogP contribution in [0.5, 0.6) is 0 Å². The first kappa shape index (κ1) is 22.1. The molecule has 0 N–H and O–H groups in total. The Kier molecular flexibility index (Phi) is 5.39. The molecule has 0 radical (unpaired) electrons. The van der Waals surface area contributed by atoms with Crippen LogP contribution in [0.3, 0.4) is 0 Å². The molecule has 4 aromatic rings. The van der Waals surface area contributed by atoms with Crippen molar-refractivity contribution in [2.75, 3.05) is 18.0 Å². The number of benzene rings is 2. The molecule has 0 aliphatic carbocycles. The fourth-order valence-electron chi connectivity index (χ4n) is 5.58. The van der Waals surface area contributed by atoms with Crippen LogP contribution in [-0.4, -0.2) is 33.6 Å². The Morgan fingerprint density at radius 3 is 2.44 bits per heavy atom. The quantitative estimate of drug-likeness (QED) is 0.366. The second-order valence-electron chi connectivity index (χ2n) is 8.72. The van der Waals surface area contributed by atoms with Gasteiger partial charge in [0.1, 0.15) is 5.69 Å². The van der Waals surface area contributed by atoms with Crippen molar-refractivity contribution in [1.29, 1.82) is 0 Å². The predicted octanol–water partition coefficient (Wildman–Crippen LogP) is 5.38. The van der Waals surface area contributed by atoms with Gasteiger partial charge in [-0.1, -0.05) is 24.3 Å². The monoisotopic (exact) mass is 454 g/mol. The highest BCUT2D eigenvalue weighted by atomic mass is 16.6. The number of ether oxygens (including phenoxy) is 1. The number of carbonyl (C=O) groups is 1. The second kappa shape index (κ2) is 8.28. The summed E-state index contributed by atoms with van der Waals surface area (Å²) >= 11 is 0. The van der Waals surface area contributed by atoms with Crippen LogP contribution >= 0.6 is 0 Å². The highest BCUT2D eigenvalue weighted by Gasteiger charge is 2.54. The van der Waals surface area contributed by atoms with Crippen LogP contribution in [0.15, 0.2) is 54.9 Å². The summed E-state index contributed by atoms with van der Waals surface area (Å²) in [6.45, 7) is 13.3. The van der Waals surface area contributed by atoms with Gasteiger partial charge in [0.05, 0.1) is 0 Å². The summed E-state index contributed by atoms with van der Waals surface area (Å²) in [7, 11) is 0. The molecule has 0 amide bonds. The fraction of sp³-hybridized carbons (Fsp3) is 0.321. The average molecular weight is 455 g/mol. The molecule has 0 spiro atoms. The van der Waals surface area contributed by atoms with Gasteiger partial charge in [0.15, 0.2) is 5.69 Å². The van der Waals surface area contributed by atoms with E-state index in [0.29, 0.717) is 5.69 Å². The molecule has 2 aromatic heterocycles. The maximum atomic E-state index is 13.2. The highest BCUT2D eigenvalue weighted by molar-refractivity contribution is 5.96. The number of esters is 1. The van der Waals surface area contributed by atoms with Crippen molar-refractivity contribution in [2.45, 2.75) is 46.8 Å². The van der Waals surface area contributed by atoms with Gasteiger partial charge >= 0.3 is 5.97 Å². The van der Waals surface area contributed by atoms with Gasteiger partial charge in [-0.15, -0.1) is 0 Å². The van der Waals surface area contributed by atoms with Gasteiger partial charge < -0.3 is 14.2 Å². The van der Waals surface area contributed by atoms with Gasteiger partial charge in [-0.25, -0.2) is 9.78 Å². The largest absolute Gasteiger partial charge is 0.438 e. The number of aromatic nitrogens is 3. The molecule has 0 saturated carbocycles. The Balaban J connectivity index is 1.88. The van der Waals surface area contributed by atoms with Gasteiger partial charge in [0.2, 0.25) is 5.60 Å². The van der Waals surface area contributed by atoms with Gasteiger partial charge in [0, 0.05) is 65.4 Å². The zero-order valence-electron chi connectivity index (χ0n) is 20.4. The summed E-state index contributed by atoms with van der Waals surface area (Å²) in [5.74, 6) is -0.442. The van der Waals surface area contributed by atoms with Crippen molar-refractivity contribution >= 4 is 22.6 Å². The molecule has 1 unspecified atom stereocenters. The lowest BCUT2D eigenvalue weighted by Gasteiger charge is -2.32. The zero-order valence-corrected chi connectivity index (χ0v) is 20.4. The second-order valence-corrected chi connectivity index (χ2v) is 8.72. The molecule has 0 bridgehead atoms. The molecule has 1 atom stereocenters. The van der Waals surface area contributed by atoms with Crippen LogP contribution in [0.1, 0.15) is 59.3 Å². The maximum absolute atomic E-state index is 13.2. The summed E-state index contributed by atoms with van der Waals surface area (Å²) < 4.78 is 8.65. The van der Waals surface area contributed by atoms with E-state index in [-0.39, 0.29) is 5.69 Å². The molecule has 0 saturated heterocycles. The zero-order chi connectivity index (χ0) is 24.0. The number of aryl methyl sites for hydroxylation is 2. The number of hydrogen-bond donors (Lipinski definition) is 0. The fourth-order valence-corrected chi connectivity index (χ4v) is 5.58. The van der Waals surface area contributed by atoms with Crippen molar-refractivity contribution in [3.63, 3.8) is 0 Å². The molecule has 2 aromatic carbocycles. The summed E-state index contributed by atoms with van der Waals surface area (Å²) in [6, 6.07) is 14.7. The summed E-state index contributed by atoms with van der Waals surface area (Å²) in [5.41, 5.74) is 5.90. The Labute approximate surface area is 200 Å². The lowest BCUT2D eigenvalue weighted by atomic mass is 9.79. The predicted molar refractivity (Wildman–Crippen MR) is 134 cm³/mol. The number of nitrogens with zero attached hydrogens (tertiary/aromatic N) is 4. The van der Waals surface area contributed by atoms with Crippen LogP contribution in [-0.2, 0) is 16.9 Å². The molecule has 5 rings (SSSR count). The highest BCUT2D eigenvalue weighted by Crippen LogP contribution is 2.50. The molecule has 1 aliphatic rings. The first-order valence-electron chi connectivity index (χ1n) is 12.0. The van der Waals surface area contributed by atoms with Crippen molar-refractivity contribution in [1.82, 2.24) is 14.5 Å². The van der Waals surface area contributed by atoms with E-state index >= 15 is 0 Å². The number of rotatable bonds is 6. The van der Waals surface area contributed by atoms with Crippen LogP contribution < -0.4 is 4.90 Å². The third-order valence-corrected chi connectivity index (χ3v) is 7.09. The lowest BCUT2D eigenvalue weighted by molar-refractivity contribution is 0.0241. The Bertz CT molecular complexity index is 1400. The van der Waals surface area contributed by atoms with Crippen LogP contribution in [0, 0.1) is 13.8 Å². The minimum Gasteiger partial charge on any atom is -0.438 e. The molecular formula is C28H30N4O2. The van der Waals surface area contributed by atoms with Crippen molar-refractivity contribution in [3.8, 4) is 0 Å². The first-order valence-corrected chi connectivity index (χ1v) is 12.0. The molecule has 0 fully saturated rings. The molecule has 6 nitrogen and oxygen atoms in total. The molecule has 3 heterocycles. The Morgan fingerprint density at radius 2 is 1.74 bits per heavy atom. The van der Waals surface area contributed by atoms with E-state index in [9.17, 15) is 4.79 Å². The smallest absolute Gasteiger partial charge is 0.360 e. The summed E-state index contributed by atoms with van der Waals surface area (Å²) in [4.78, 5) is 24.6. The first-order chi connectivity index (χ1) is 16.5. The van der Waals surface area contributed by atoms with E-state index in [1.807, 2.05) is 12.1 Å². The van der Waals surface area contributed by atoms with Crippen LogP contribution in [0.25, 0.3) is 10.9 Å². The lowest BCUT2D eigenvalue weighted by Crippen LogP contribution is -2.32. The average Bonchev–Trinajstić information content (AvgIpc) is 3.31. The molecule has 6 heteroatoms. The third-order valence-electron chi connectivity index (χ3n) is 7.09. The minimum absolute atomic E-state index is 0.280. The van der Waals surface area contributed by atoms with Gasteiger partial charge in [-0.05, 0) is 58.4 Å². The molecule has 1 aliphatic heterocycles. The van der Waals surface area contributed by atoms with Crippen molar-refractivity contribution in [3.05, 3.63) is 88.6 Å². The van der Waals surface area contributed by atoms with Crippen LogP contribution in [0.2, 0.25) is 0 Å². The molecular weight excluding hydrogens is 424 g/mol. The van der Waals surface area contributed by atoms with Crippen LogP contribution in [0.4, 0.5) is 5.69 Å². The van der Waals surface area contributed by atoms with E-state index in [4.69, 9.17) is 9.72 Å². The number of fused-ring (bicyclic) bond motifs is 2. The van der Waals surface area contributed by atoms with Gasteiger partial charge in [-0.3, -0.25) is 4.98 Å². The van der Waals surface area contributed by atoms with E-state index in [0.717, 1.165) is 58.6 Å². The van der Waals surface area contributed by atoms with E-state index < -0.39 is 11.6 Å². The Morgan fingerprint density at radius 1 is 1.00 bits per heavy atom. The number of hydrogen-bond acceptors (Lipinski definition) is 5. The van der Waals surface area contributed by atoms with E-state index in [1.165, 1.54) is 0 Å². The molecule has 174 valence electrons. The molecule has 34 heavy (non-hydrogen) atoms. The number of anilines is 1. The van der Waals surface area contributed by atoms with E-state index in [1.54, 1.807) is 12.4 Å². The number of carbonyl (C=O) groups excluding carboxylic acids is 1. The standard InChI is InChI=1S/C28H30N4O2/c1-6-31(7-2)20-13-14-22(18(4)17-20)28(26-25(27(33)34-28)29-15-16-30-26)24-19(5)32(8-3)23-12-10-9-11-21(23)24/h9-17H,6-8H2,1-5H3.